The predicted molar refractivity (Wildman–Crippen MR) is 52.2 cm³/mol. The molecule has 0 bridgehead atoms. The van der Waals surface area contributed by atoms with Crippen molar-refractivity contribution in [2.45, 2.75) is 24.4 Å². The summed E-state index contributed by atoms with van der Waals surface area (Å²) in [7, 11) is 1.26. The molecule has 0 aliphatic heterocycles. The van der Waals surface area contributed by atoms with Crippen LogP contribution in [0.2, 0.25) is 0 Å². The van der Waals surface area contributed by atoms with Gasteiger partial charge in [0.15, 0.2) is 0 Å². The second kappa shape index (κ2) is 3.72. The summed E-state index contributed by atoms with van der Waals surface area (Å²) in [5, 5.41) is 0. The third kappa shape index (κ3) is 1.99. The maximum absolute atomic E-state index is 12.3. The topological polar surface area (TPSA) is 39.2 Å². The van der Waals surface area contributed by atoms with Crippen molar-refractivity contribution in [1.82, 2.24) is 4.98 Å². The highest BCUT2D eigenvalue weighted by atomic mass is 19.4. The largest absolute Gasteiger partial charge is 0.468 e. The molecule has 0 unspecified atom stereocenters. The normalized spacial score (nSPS) is 17.6. The van der Waals surface area contributed by atoms with Crippen LogP contribution in [0, 0.1) is 0 Å². The Morgan fingerprint density at radius 2 is 2.06 bits per heavy atom. The molecule has 6 heteroatoms. The van der Waals surface area contributed by atoms with Crippen molar-refractivity contribution in [2.24, 2.45) is 0 Å². The first-order valence-electron chi connectivity index (χ1n) is 5.02. The zero-order valence-electron chi connectivity index (χ0n) is 9.04. The van der Waals surface area contributed by atoms with Crippen LogP contribution in [0.3, 0.4) is 0 Å². The van der Waals surface area contributed by atoms with Crippen LogP contribution in [0.25, 0.3) is 0 Å². The summed E-state index contributed by atoms with van der Waals surface area (Å²) in [5.41, 5.74) is -1.24. The fourth-order valence-electron chi connectivity index (χ4n) is 1.78. The molecule has 0 spiro atoms. The molecule has 0 amide bonds. The number of hydrogen-bond donors (Lipinski definition) is 0. The molecule has 0 saturated heterocycles. The molecular weight excluding hydrogens is 235 g/mol. The van der Waals surface area contributed by atoms with Crippen molar-refractivity contribution in [3.8, 4) is 0 Å². The van der Waals surface area contributed by atoms with Crippen LogP contribution in [0.1, 0.15) is 24.1 Å². The third-order valence-electron chi connectivity index (χ3n) is 2.93. The smallest absolute Gasteiger partial charge is 0.433 e. The van der Waals surface area contributed by atoms with Crippen LogP contribution in [0.5, 0.6) is 0 Å². The number of halogens is 3. The van der Waals surface area contributed by atoms with Gasteiger partial charge in [0.2, 0.25) is 0 Å². The Morgan fingerprint density at radius 3 is 2.41 bits per heavy atom. The van der Waals surface area contributed by atoms with Gasteiger partial charge in [0, 0.05) is 6.20 Å². The van der Waals surface area contributed by atoms with Gasteiger partial charge in [-0.05, 0) is 24.5 Å². The molecule has 1 aliphatic rings. The highest BCUT2D eigenvalue weighted by molar-refractivity contribution is 5.86. The average molecular weight is 245 g/mol. The number of carbonyl (C=O) groups is 1. The number of carbonyl (C=O) groups excluding carboxylic acids is 1. The van der Waals surface area contributed by atoms with Gasteiger partial charge < -0.3 is 4.74 Å². The summed E-state index contributed by atoms with van der Waals surface area (Å²) in [6.07, 6.45) is -2.17. The van der Waals surface area contributed by atoms with E-state index in [1.807, 2.05) is 0 Å². The second-order valence-corrected chi connectivity index (χ2v) is 4.00. The fraction of sp³-hybridized carbons (Fsp3) is 0.455. The van der Waals surface area contributed by atoms with Gasteiger partial charge in [0.25, 0.3) is 0 Å². The van der Waals surface area contributed by atoms with Crippen molar-refractivity contribution in [2.75, 3.05) is 7.11 Å². The summed E-state index contributed by atoms with van der Waals surface area (Å²) in [6, 6.07) is 2.18. The minimum Gasteiger partial charge on any atom is -0.468 e. The molecule has 17 heavy (non-hydrogen) atoms. The molecule has 2 rings (SSSR count). The number of rotatable bonds is 2. The average Bonchev–Trinajstić information content (AvgIpc) is 3.08. The Kier molecular flexibility index (Phi) is 2.60. The lowest BCUT2D eigenvalue weighted by Gasteiger charge is -2.13. The Balaban J connectivity index is 2.28. The Bertz CT molecular complexity index is 435. The van der Waals surface area contributed by atoms with Gasteiger partial charge in [-0.2, -0.15) is 13.2 Å². The van der Waals surface area contributed by atoms with E-state index in [4.69, 9.17) is 0 Å². The van der Waals surface area contributed by atoms with Crippen LogP contribution in [0.15, 0.2) is 18.3 Å². The lowest BCUT2D eigenvalue weighted by molar-refractivity contribution is -0.143. The molecule has 0 N–H and O–H groups in total. The van der Waals surface area contributed by atoms with Gasteiger partial charge in [-0.15, -0.1) is 0 Å². The van der Waals surface area contributed by atoms with Gasteiger partial charge in [-0.3, -0.25) is 9.78 Å². The lowest BCUT2D eigenvalue weighted by Crippen LogP contribution is -2.22. The Hall–Kier alpha value is -1.59. The Labute approximate surface area is 95.6 Å². The number of methoxy groups -OCH3 is 1. The molecule has 1 heterocycles. The number of hydrogen-bond acceptors (Lipinski definition) is 3. The molecule has 1 aromatic rings. The summed E-state index contributed by atoms with van der Waals surface area (Å²) < 4.78 is 41.5. The van der Waals surface area contributed by atoms with Crippen molar-refractivity contribution in [3.05, 3.63) is 29.6 Å². The molecule has 1 saturated carbocycles. The van der Waals surface area contributed by atoms with E-state index in [1.165, 1.54) is 13.2 Å². The zero-order chi connectivity index (χ0) is 12.7. The summed E-state index contributed by atoms with van der Waals surface area (Å²) in [4.78, 5) is 14.8. The van der Waals surface area contributed by atoms with E-state index in [1.54, 1.807) is 0 Å². The minimum atomic E-state index is -4.46. The van der Waals surface area contributed by atoms with E-state index in [0.717, 1.165) is 12.3 Å². The monoisotopic (exact) mass is 245 g/mol. The van der Waals surface area contributed by atoms with Crippen molar-refractivity contribution in [3.63, 3.8) is 0 Å². The summed E-state index contributed by atoms with van der Waals surface area (Å²) in [5.74, 6) is -0.418. The first-order chi connectivity index (χ1) is 7.90. The van der Waals surface area contributed by atoms with Crippen LogP contribution in [-0.2, 0) is 21.1 Å². The molecule has 0 radical (unpaired) electrons. The molecule has 1 aliphatic carbocycles. The standard InChI is InChI=1S/C11H10F3NO2/c1-17-9(16)10(4-5-10)7-2-3-8(15-6-7)11(12,13)14/h2-3,6H,4-5H2,1H3. The Morgan fingerprint density at radius 1 is 1.41 bits per heavy atom. The molecule has 1 aromatic heterocycles. The molecule has 92 valence electrons. The van der Waals surface area contributed by atoms with Crippen molar-refractivity contribution in [1.29, 1.82) is 0 Å². The van der Waals surface area contributed by atoms with Crippen LogP contribution in [0.4, 0.5) is 13.2 Å². The minimum absolute atomic E-state index is 0.418. The number of alkyl halides is 3. The molecule has 3 nitrogen and oxygen atoms in total. The van der Waals surface area contributed by atoms with Crippen molar-refractivity contribution < 1.29 is 22.7 Å². The van der Waals surface area contributed by atoms with E-state index in [2.05, 4.69) is 9.72 Å². The maximum Gasteiger partial charge on any atom is 0.433 e. The predicted octanol–water partition coefficient (Wildman–Crippen LogP) is 2.31. The molecular formula is C11H10F3NO2. The van der Waals surface area contributed by atoms with E-state index >= 15 is 0 Å². The lowest BCUT2D eigenvalue weighted by atomic mass is 9.98. The quantitative estimate of drug-likeness (QED) is 0.750. The van der Waals surface area contributed by atoms with E-state index < -0.39 is 23.3 Å². The van der Waals surface area contributed by atoms with E-state index in [9.17, 15) is 18.0 Å². The van der Waals surface area contributed by atoms with Gasteiger partial charge in [-0.25, -0.2) is 0 Å². The number of ether oxygens (including phenoxy) is 1. The number of nitrogens with zero attached hydrogens (tertiary/aromatic N) is 1. The molecule has 1 fully saturated rings. The van der Waals surface area contributed by atoms with Crippen LogP contribution >= 0.6 is 0 Å². The summed E-state index contributed by atoms with van der Waals surface area (Å²) in [6.45, 7) is 0. The first-order valence-corrected chi connectivity index (χ1v) is 5.02. The van der Waals surface area contributed by atoms with Gasteiger partial charge in [0.1, 0.15) is 5.69 Å². The van der Waals surface area contributed by atoms with E-state index in [-0.39, 0.29) is 0 Å². The number of esters is 1. The fourth-order valence-corrected chi connectivity index (χ4v) is 1.78. The van der Waals surface area contributed by atoms with Gasteiger partial charge >= 0.3 is 12.1 Å². The van der Waals surface area contributed by atoms with Crippen LogP contribution < -0.4 is 0 Å². The number of aromatic nitrogens is 1. The summed E-state index contributed by atoms with van der Waals surface area (Å²) >= 11 is 0. The first kappa shape index (κ1) is 11.9. The molecule has 0 atom stereocenters. The molecule has 0 aromatic carbocycles. The maximum atomic E-state index is 12.3. The van der Waals surface area contributed by atoms with Gasteiger partial charge in [0.05, 0.1) is 12.5 Å². The van der Waals surface area contributed by atoms with E-state index in [0.29, 0.717) is 18.4 Å². The van der Waals surface area contributed by atoms with Crippen LogP contribution in [-0.4, -0.2) is 18.1 Å². The third-order valence-corrected chi connectivity index (χ3v) is 2.93. The SMILES string of the molecule is COC(=O)C1(c2ccc(C(F)(F)F)nc2)CC1. The highest BCUT2D eigenvalue weighted by Crippen LogP contribution is 2.49. The second-order valence-electron chi connectivity index (χ2n) is 4.00. The highest BCUT2D eigenvalue weighted by Gasteiger charge is 2.53. The zero-order valence-corrected chi connectivity index (χ0v) is 9.04. The number of pyridine rings is 1. The van der Waals surface area contributed by atoms with Crippen molar-refractivity contribution >= 4 is 5.97 Å². The van der Waals surface area contributed by atoms with Gasteiger partial charge in [-0.1, -0.05) is 6.07 Å².